The Morgan fingerprint density at radius 2 is 2.12 bits per heavy atom. The van der Waals surface area contributed by atoms with Gasteiger partial charge in [0.1, 0.15) is 11.6 Å². The van der Waals surface area contributed by atoms with Crippen LogP contribution in [0.2, 0.25) is 0 Å². The Morgan fingerprint density at radius 1 is 1.47 bits per heavy atom. The van der Waals surface area contributed by atoms with Crippen molar-refractivity contribution in [1.29, 1.82) is 0 Å². The van der Waals surface area contributed by atoms with Crippen molar-refractivity contribution in [3.8, 4) is 0 Å². The normalized spacial score (nSPS) is 13.5. The van der Waals surface area contributed by atoms with Gasteiger partial charge in [-0.3, -0.25) is 0 Å². The topological polar surface area (TPSA) is 71.2 Å². The lowest BCUT2D eigenvalue weighted by atomic mass is 10.2. The van der Waals surface area contributed by atoms with Crippen molar-refractivity contribution in [3.05, 3.63) is 17.7 Å². The molecule has 1 heterocycles. The number of hydrogen-bond acceptors (Lipinski definition) is 4. The highest BCUT2D eigenvalue weighted by molar-refractivity contribution is 5.47. The monoisotopic (exact) mass is 249 g/mol. The first-order valence-corrected chi connectivity index (χ1v) is 5.09. The Morgan fingerprint density at radius 3 is 2.65 bits per heavy atom. The highest BCUT2D eigenvalue weighted by atomic mass is 19.4. The maximum Gasteiger partial charge on any atom is 0.416 e. The lowest BCUT2D eigenvalue weighted by molar-refractivity contribution is -0.137. The van der Waals surface area contributed by atoms with Crippen LogP contribution in [0, 0.1) is 0 Å². The van der Waals surface area contributed by atoms with Crippen molar-refractivity contribution in [2.75, 3.05) is 17.6 Å². The number of aliphatic hydroxyl groups excluding tert-OH is 1. The molecule has 1 rings (SSSR count). The largest absolute Gasteiger partial charge is 0.416 e. The van der Waals surface area contributed by atoms with E-state index in [9.17, 15) is 18.3 Å². The molecule has 0 radical (unpaired) electrons. The van der Waals surface area contributed by atoms with Gasteiger partial charge in [0.25, 0.3) is 0 Å². The van der Waals surface area contributed by atoms with Gasteiger partial charge in [-0.2, -0.15) is 13.2 Å². The van der Waals surface area contributed by atoms with Crippen molar-refractivity contribution in [2.24, 2.45) is 0 Å². The average Bonchev–Trinajstić information content (AvgIpc) is 2.24. The maximum absolute atomic E-state index is 12.5. The minimum atomic E-state index is -4.46. The second kappa shape index (κ2) is 5.22. The highest BCUT2D eigenvalue weighted by Gasteiger charge is 2.31. The van der Waals surface area contributed by atoms with Crippen molar-refractivity contribution in [3.63, 3.8) is 0 Å². The van der Waals surface area contributed by atoms with Crippen LogP contribution in [0.5, 0.6) is 0 Å². The van der Waals surface area contributed by atoms with Crippen LogP contribution in [0.25, 0.3) is 0 Å². The molecule has 7 heteroatoms. The van der Waals surface area contributed by atoms with E-state index in [0.717, 1.165) is 12.1 Å². The quantitative estimate of drug-likeness (QED) is 0.761. The van der Waals surface area contributed by atoms with Crippen molar-refractivity contribution >= 4 is 11.6 Å². The third-order valence-electron chi connectivity index (χ3n) is 2.16. The van der Waals surface area contributed by atoms with Crippen LogP contribution in [0.4, 0.5) is 24.8 Å². The molecule has 0 aromatic carbocycles. The molecule has 1 aromatic rings. The van der Waals surface area contributed by atoms with Crippen LogP contribution in [0.3, 0.4) is 0 Å². The summed E-state index contributed by atoms with van der Waals surface area (Å²) < 4.78 is 37.4. The van der Waals surface area contributed by atoms with Gasteiger partial charge in [0, 0.05) is 6.54 Å². The molecule has 0 spiro atoms. The van der Waals surface area contributed by atoms with Crippen molar-refractivity contribution in [1.82, 2.24) is 4.98 Å². The molecule has 0 aliphatic rings. The minimum absolute atomic E-state index is 0.00447. The third kappa shape index (κ3) is 4.10. The zero-order valence-corrected chi connectivity index (χ0v) is 9.25. The van der Waals surface area contributed by atoms with E-state index in [2.05, 4.69) is 10.3 Å². The number of aliphatic hydroxyl groups is 1. The number of anilines is 2. The second-order valence-electron chi connectivity index (χ2n) is 3.61. The van der Waals surface area contributed by atoms with E-state index in [1.165, 1.54) is 0 Å². The van der Waals surface area contributed by atoms with Gasteiger partial charge in [-0.1, -0.05) is 6.92 Å². The first kappa shape index (κ1) is 13.6. The zero-order chi connectivity index (χ0) is 13.1. The van der Waals surface area contributed by atoms with Crippen LogP contribution in [0.15, 0.2) is 12.1 Å². The van der Waals surface area contributed by atoms with Gasteiger partial charge < -0.3 is 16.2 Å². The summed E-state index contributed by atoms with van der Waals surface area (Å²) >= 11 is 0. The van der Waals surface area contributed by atoms with Gasteiger partial charge in [0.15, 0.2) is 0 Å². The molecule has 0 saturated carbocycles. The molecular weight excluding hydrogens is 235 g/mol. The molecule has 96 valence electrons. The molecule has 1 aromatic heterocycles. The van der Waals surface area contributed by atoms with Gasteiger partial charge in [-0.25, -0.2) is 4.98 Å². The number of halogens is 3. The fraction of sp³-hybridized carbons (Fsp3) is 0.500. The maximum atomic E-state index is 12.5. The molecular formula is C10H14F3N3O. The molecule has 0 aliphatic carbocycles. The summed E-state index contributed by atoms with van der Waals surface area (Å²) in [4.78, 5) is 3.71. The SMILES string of the molecule is CCC(O)CNc1cc(C(F)(F)F)cc(N)n1. The van der Waals surface area contributed by atoms with Crippen LogP contribution < -0.4 is 11.1 Å². The fourth-order valence-electron chi connectivity index (χ4n) is 1.17. The average molecular weight is 249 g/mol. The Bertz CT molecular complexity index is 382. The van der Waals surface area contributed by atoms with Crippen molar-refractivity contribution < 1.29 is 18.3 Å². The molecule has 0 aliphatic heterocycles. The summed E-state index contributed by atoms with van der Waals surface area (Å²) in [5.74, 6) is -0.210. The number of nitrogens with one attached hydrogen (secondary N) is 1. The van der Waals surface area contributed by atoms with Crippen LogP contribution in [-0.2, 0) is 6.18 Å². The van der Waals surface area contributed by atoms with Gasteiger partial charge in [0.05, 0.1) is 11.7 Å². The van der Waals surface area contributed by atoms with Crippen LogP contribution in [0.1, 0.15) is 18.9 Å². The minimum Gasteiger partial charge on any atom is -0.391 e. The van der Waals surface area contributed by atoms with Crippen molar-refractivity contribution in [2.45, 2.75) is 25.6 Å². The fourth-order valence-corrected chi connectivity index (χ4v) is 1.17. The number of nitrogens with two attached hydrogens (primary N) is 1. The van der Waals surface area contributed by atoms with E-state index in [0.29, 0.717) is 6.42 Å². The molecule has 0 fully saturated rings. The molecule has 4 N–H and O–H groups in total. The Kier molecular flexibility index (Phi) is 4.17. The molecule has 0 bridgehead atoms. The van der Waals surface area contributed by atoms with Gasteiger partial charge in [-0.05, 0) is 18.6 Å². The third-order valence-corrected chi connectivity index (χ3v) is 2.16. The predicted octanol–water partition coefficient (Wildman–Crippen LogP) is 1.87. The van der Waals surface area contributed by atoms with Gasteiger partial charge in [0.2, 0.25) is 0 Å². The van der Waals surface area contributed by atoms with E-state index in [1.54, 1.807) is 6.92 Å². The van der Waals surface area contributed by atoms with Gasteiger partial charge >= 0.3 is 6.18 Å². The summed E-state index contributed by atoms with van der Waals surface area (Å²) in [7, 11) is 0. The summed E-state index contributed by atoms with van der Waals surface area (Å²) in [6.45, 7) is 1.89. The number of rotatable bonds is 4. The summed E-state index contributed by atoms with van der Waals surface area (Å²) in [6.07, 6.45) is -4.59. The molecule has 0 saturated heterocycles. The molecule has 0 amide bonds. The van der Waals surface area contributed by atoms with E-state index in [4.69, 9.17) is 5.73 Å². The second-order valence-corrected chi connectivity index (χ2v) is 3.61. The van der Waals surface area contributed by atoms with Crippen LogP contribution in [-0.4, -0.2) is 22.7 Å². The Hall–Kier alpha value is -1.50. The number of hydrogen-bond donors (Lipinski definition) is 3. The number of alkyl halides is 3. The van der Waals surface area contributed by atoms with E-state index >= 15 is 0 Å². The smallest absolute Gasteiger partial charge is 0.391 e. The summed E-state index contributed by atoms with van der Waals surface area (Å²) in [5.41, 5.74) is 4.42. The molecule has 1 unspecified atom stereocenters. The summed E-state index contributed by atoms with van der Waals surface area (Å²) in [5, 5.41) is 11.9. The van der Waals surface area contributed by atoms with E-state index < -0.39 is 17.8 Å². The van der Waals surface area contributed by atoms with E-state index in [1.807, 2.05) is 0 Å². The first-order chi connectivity index (χ1) is 7.82. The predicted molar refractivity (Wildman–Crippen MR) is 58.4 cm³/mol. The lowest BCUT2D eigenvalue weighted by Crippen LogP contribution is -2.19. The van der Waals surface area contributed by atoms with Crippen LogP contribution >= 0.6 is 0 Å². The Labute approximate surface area is 96.7 Å². The van der Waals surface area contributed by atoms with E-state index in [-0.39, 0.29) is 18.2 Å². The number of aromatic nitrogens is 1. The lowest BCUT2D eigenvalue weighted by Gasteiger charge is -2.13. The zero-order valence-electron chi connectivity index (χ0n) is 9.25. The molecule has 4 nitrogen and oxygen atoms in total. The molecule has 17 heavy (non-hydrogen) atoms. The number of pyridine rings is 1. The summed E-state index contributed by atoms with van der Waals surface area (Å²) in [6, 6.07) is 1.63. The standard InChI is InChI=1S/C10H14F3N3O/c1-2-7(17)5-15-9-4-6(10(11,12)13)3-8(14)16-9/h3-4,7,17H,2,5H2,1H3,(H3,14,15,16). The number of nitrogens with zero attached hydrogens (tertiary/aromatic N) is 1. The first-order valence-electron chi connectivity index (χ1n) is 5.09. The Balaban J connectivity index is 2.83. The number of nitrogen functional groups attached to an aromatic ring is 1. The molecule has 1 atom stereocenters. The highest BCUT2D eigenvalue weighted by Crippen LogP contribution is 2.31. The van der Waals surface area contributed by atoms with Gasteiger partial charge in [-0.15, -0.1) is 0 Å².